The number of rotatable bonds is 10. The van der Waals surface area contributed by atoms with Gasteiger partial charge in [-0.15, -0.1) is 0 Å². The fourth-order valence-electron chi connectivity index (χ4n) is 5.06. The molecule has 2 aromatic rings. The monoisotopic (exact) mass is 615 g/mol. The van der Waals surface area contributed by atoms with Gasteiger partial charge in [-0.3, -0.25) is 19.7 Å². The second-order valence-electron chi connectivity index (χ2n) is 10.9. The molecule has 9 nitrogen and oxygen atoms in total. The van der Waals surface area contributed by atoms with Crippen molar-refractivity contribution in [2.75, 3.05) is 52.2 Å². The van der Waals surface area contributed by atoms with E-state index in [1.165, 1.54) is 17.0 Å². The number of fused-ring (bicyclic) bond motifs is 1. The first-order chi connectivity index (χ1) is 19.6. The number of morpholine rings is 1. The first-order valence-electron chi connectivity index (χ1n) is 13.4. The number of nitrogens with zero attached hydrogens (tertiary/aromatic N) is 3. The molecule has 2 aliphatic rings. The predicted octanol–water partition coefficient (Wildman–Crippen LogP) is 3.30. The zero-order valence-electron chi connectivity index (χ0n) is 23.3. The molecule has 1 fully saturated rings. The van der Waals surface area contributed by atoms with Crippen LogP contribution in [0, 0.1) is 5.82 Å². The number of halogens is 4. The van der Waals surface area contributed by atoms with Crippen molar-refractivity contribution in [2.24, 2.45) is 0 Å². The molecule has 1 atom stereocenters. The van der Waals surface area contributed by atoms with Crippen molar-refractivity contribution in [3.8, 4) is 11.1 Å². The molecule has 14 heteroatoms. The third kappa shape index (κ3) is 6.93. The van der Waals surface area contributed by atoms with Crippen LogP contribution in [0.25, 0.3) is 11.1 Å². The van der Waals surface area contributed by atoms with Crippen LogP contribution in [0.1, 0.15) is 34.8 Å². The maximum absolute atomic E-state index is 15.7. The van der Waals surface area contributed by atoms with Crippen LogP contribution in [0.15, 0.2) is 36.4 Å². The maximum atomic E-state index is 15.7. The number of carbonyl (C=O) groups is 2. The van der Waals surface area contributed by atoms with Gasteiger partial charge >= 0.3 is 12.1 Å². The van der Waals surface area contributed by atoms with Crippen molar-refractivity contribution < 1.29 is 45.5 Å². The van der Waals surface area contributed by atoms with Crippen LogP contribution in [-0.2, 0) is 32.3 Å². The fourth-order valence-corrected chi connectivity index (χ4v) is 5.88. The van der Waals surface area contributed by atoms with Crippen molar-refractivity contribution in [3.63, 3.8) is 0 Å². The standard InChI is InChI=1S/C28H33F4N3O6S/c1-27(42(2,39)40,18-35(38)26(37)28(30,31)32)10-12-34-17-23-22(25(34)36)8-7-21(24(23)29)20-5-3-19(4-6-20)9-11-33-13-15-41-16-14-33/h3-8,38H,9-18H2,1-2H3/t27-/m1/s1. The van der Waals surface area contributed by atoms with E-state index in [1.54, 1.807) is 0 Å². The van der Waals surface area contributed by atoms with Gasteiger partial charge in [0.15, 0.2) is 9.84 Å². The summed E-state index contributed by atoms with van der Waals surface area (Å²) in [5.74, 6) is -3.76. The van der Waals surface area contributed by atoms with Gasteiger partial charge in [0.05, 0.1) is 24.5 Å². The number of ether oxygens (including phenoxy) is 1. The molecule has 0 unspecified atom stereocenters. The number of amides is 2. The third-order valence-corrected chi connectivity index (χ3v) is 10.1. The lowest BCUT2D eigenvalue weighted by atomic mass is 9.98. The van der Waals surface area contributed by atoms with Crippen LogP contribution in [-0.4, -0.2) is 103 Å². The van der Waals surface area contributed by atoms with E-state index >= 15 is 4.39 Å². The van der Waals surface area contributed by atoms with Crippen LogP contribution < -0.4 is 0 Å². The van der Waals surface area contributed by atoms with Crippen LogP contribution in [0.3, 0.4) is 0 Å². The highest BCUT2D eigenvalue weighted by atomic mass is 32.2. The molecule has 1 N–H and O–H groups in total. The summed E-state index contributed by atoms with van der Waals surface area (Å²) in [7, 11) is -4.12. The van der Waals surface area contributed by atoms with Gasteiger partial charge in [-0.1, -0.05) is 30.3 Å². The Bertz CT molecular complexity index is 1430. The first-order valence-corrected chi connectivity index (χ1v) is 15.3. The second kappa shape index (κ2) is 12.3. The minimum atomic E-state index is -5.40. The molecule has 0 aliphatic carbocycles. The van der Waals surface area contributed by atoms with Gasteiger partial charge in [0.2, 0.25) is 0 Å². The number of hydrogen-bond acceptors (Lipinski definition) is 7. The topological polar surface area (TPSA) is 107 Å². The van der Waals surface area contributed by atoms with Gasteiger partial charge in [-0.25, -0.2) is 17.9 Å². The van der Waals surface area contributed by atoms with Crippen molar-refractivity contribution in [3.05, 3.63) is 58.9 Å². The van der Waals surface area contributed by atoms with Crippen molar-refractivity contribution in [1.29, 1.82) is 0 Å². The fraction of sp³-hybridized carbons (Fsp3) is 0.500. The number of benzene rings is 2. The Morgan fingerprint density at radius 3 is 2.26 bits per heavy atom. The molecule has 0 saturated carbocycles. The summed E-state index contributed by atoms with van der Waals surface area (Å²) in [6.45, 7) is 3.58. The molecule has 0 spiro atoms. The van der Waals surface area contributed by atoms with Crippen LogP contribution >= 0.6 is 0 Å². The molecule has 2 heterocycles. The molecule has 230 valence electrons. The van der Waals surface area contributed by atoms with Gasteiger partial charge < -0.3 is 9.64 Å². The number of carbonyl (C=O) groups excluding carboxylic acids is 2. The van der Waals surface area contributed by atoms with E-state index in [0.717, 1.165) is 58.0 Å². The highest BCUT2D eigenvalue weighted by Crippen LogP contribution is 2.34. The highest BCUT2D eigenvalue weighted by Gasteiger charge is 2.47. The van der Waals surface area contributed by atoms with Gasteiger partial charge in [-0.05, 0) is 37.0 Å². The molecule has 4 rings (SSSR count). The van der Waals surface area contributed by atoms with Gasteiger partial charge in [0.25, 0.3) is 5.91 Å². The summed E-state index contributed by atoms with van der Waals surface area (Å²) < 4.78 is 82.1. The number of hydroxylamine groups is 2. The molecule has 0 radical (unpaired) electrons. The largest absolute Gasteiger partial charge is 0.473 e. The Labute approximate surface area is 241 Å². The zero-order chi connectivity index (χ0) is 30.9. The predicted molar refractivity (Wildman–Crippen MR) is 145 cm³/mol. The second-order valence-corrected chi connectivity index (χ2v) is 13.4. The Kier molecular flexibility index (Phi) is 9.31. The van der Waals surface area contributed by atoms with E-state index in [0.29, 0.717) is 11.1 Å². The van der Waals surface area contributed by atoms with Gasteiger partial charge in [-0.2, -0.15) is 13.2 Å². The zero-order valence-corrected chi connectivity index (χ0v) is 24.1. The Hall–Kier alpha value is -3.07. The van der Waals surface area contributed by atoms with Crippen LogP contribution in [0.4, 0.5) is 17.6 Å². The average Bonchev–Trinajstić information content (AvgIpc) is 3.26. The summed E-state index contributed by atoms with van der Waals surface area (Å²) in [5.41, 5.74) is 2.26. The van der Waals surface area contributed by atoms with Gasteiger partial charge in [0, 0.05) is 55.7 Å². The molecule has 1 saturated heterocycles. The summed E-state index contributed by atoms with van der Waals surface area (Å²) >= 11 is 0. The van der Waals surface area contributed by atoms with Crippen LogP contribution in [0.2, 0.25) is 0 Å². The Balaban J connectivity index is 1.44. The van der Waals surface area contributed by atoms with E-state index in [9.17, 15) is 36.4 Å². The van der Waals surface area contributed by atoms with E-state index in [-0.39, 0.29) is 24.2 Å². The maximum Gasteiger partial charge on any atom is 0.473 e. The van der Waals surface area contributed by atoms with Crippen LogP contribution in [0.5, 0.6) is 0 Å². The summed E-state index contributed by atoms with van der Waals surface area (Å²) in [6, 6.07) is 10.5. The Morgan fingerprint density at radius 1 is 1.05 bits per heavy atom. The molecule has 42 heavy (non-hydrogen) atoms. The quantitative estimate of drug-likeness (QED) is 0.248. The first kappa shape index (κ1) is 31.9. The lowest BCUT2D eigenvalue weighted by Crippen LogP contribution is -2.51. The lowest BCUT2D eigenvalue weighted by Gasteiger charge is -2.32. The Morgan fingerprint density at radius 2 is 1.67 bits per heavy atom. The number of sulfone groups is 1. The van der Waals surface area contributed by atoms with E-state index in [2.05, 4.69) is 4.90 Å². The normalized spacial score (nSPS) is 17.7. The van der Waals surface area contributed by atoms with Gasteiger partial charge in [0.1, 0.15) is 5.82 Å². The molecular formula is C28H33F4N3O6S. The molecule has 2 aliphatic heterocycles. The van der Waals surface area contributed by atoms with E-state index in [1.807, 2.05) is 24.3 Å². The summed E-state index contributed by atoms with van der Waals surface area (Å²) in [4.78, 5) is 27.9. The molecule has 2 amide bonds. The average molecular weight is 616 g/mol. The summed E-state index contributed by atoms with van der Waals surface area (Å²) in [6.07, 6.45) is -4.22. The van der Waals surface area contributed by atoms with Crippen molar-refractivity contribution in [1.82, 2.24) is 14.9 Å². The molecule has 0 bridgehead atoms. The smallest absolute Gasteiger partial charge is 0.379 e. The van der Waals surface area contributed by atoms with E-state index in [4.69, 9.17) is 4.74 Å². The molecule has 2 aromatic carbocycles. The summed E-state index contributed by atoms with van der Waals surface area (Å²) in [5, 5.41) is 9.00. The lowest BCUT2D eigenvalue weighted by molar-refractivity contribution is -0.216. The minimum absolute atomic E-state index is 0.107. The number of alkyl halides is 3. The molecular weight excluding hydrogens is 582 g/mol. The SMILES string of the molecule is C[C@@](CCN1Cc2c(ccc(-c3ccc(CCN4CCOCC4)cc3)c2F)C1=O)(CN(O)C(=O)C(F)(F)F)S(C)(=O)=O. The van der Waals surface area contributed by atoms with Crippen molar-refractivity contribution >= 4 is 21.7 Å². The highest BCUT2D eigenvalue weighted by molar-refractivity contribution is 7.92. The molecule has 0 aromatic heterocycles. The van der Waals surface area contributed by atoms with Crippen molar-refractivity contribution in [2.45, 2.75) is 37.2 Å². The van der Waals surface area contributed by atoms with E-state index < -0.39 is 56.4 Å². The third-order valence-electron chi connectivity index (χ3n) is 7.96. The number of hydrogen-bond donors (Lipinski definition) is 1. The minimum Gasteiger partial charge on any atom is -0.379 e.